The second-order valence-corrected chi connectivity index (χ2v) is 5.91. The van der Waals surface area contributed by atoms with Crippen molar-refractivity contribution >= 4 is 0 Å². The molecule has 1 N–H and O–H groups in total. The second kappa shape index (κ2) is 7.57. The maximum atomic E-state index is 5.41. The molecule has 1 saturated heterocycles. The van der Waals surface area contributed by atoms with Gasteiger partial charge in [0.25, 0.3) is 0 Å². The Bertz CT molecular complexity index is 621. The van der Waals surface area contributed by atoms with Crippen LogP contribution in [0.15, 0.2) is 42.6 Å². The van der Waals surface area contributed by atoms with Crippen molar-refractivity contribution < 1.29 is 4.74 Å². The van der Waals surface area contributed by atoms with E-state index in [0.717, 1.165) is 44.0 Å². The van der Waals surface area contributed by atoms with Gasteiger partial charge in [-0.25, -0.2) is 0 Å². The highest BCUT2D eigenvalue weighted by atomic mass is 16.5. The lowest BCUT2D eigenvalue weighted by atomic mass is 9.99. The molecule has 1 unspecified atom stereocenters. The predicted molar refractivity (Wildman–Crippen MR) is 92.9 cm³/mol. The fourth-order valence-electron chi connectivity index (χ4n) is 3.13. The van der Waals surface area contributed by atoms with Crippen LogP contribution in [0.1, 0.15) is 29.8 Å². The molecule has 1 fully saturated rings. The first kappa shape index (κ1) is 16.0. The summed E-state index contributed by atoms with van der Waals surface area (Å²) in [5, 5.41) is 3.43. The Labute approximate surface area is 138 Å². The fraction of sp³-hybridized carbons (Fsp3) is 0.421. The van der Waals surface area contributed by atoms with Crippen molar-refractivity contribution in [3.05, 3.63) is 59.4 Å². The smallest absolute Gasteiger partial charge is 0.119 e. The SMILES string of the molecule is CCc1ccc(C(c2cccc(OC)c2)N2CCNCC2)nc1. The number of piperazine rings is 1. The van der Waals surface area contributed by atoms with Gasteiger partial charge < -0.3 is 10.1 Å². The van der Waals surface area contributed by atoms with Crippen molar-refractivity contribution in [3.8, 4) is 5.75 Å². The minimum atomic E-state index is 0.179. The van der Waals surface area contributed by atoms with Crippen molar-refractivity contribution in [2.45, 2.75) is 19.4 Å². The summed E-state index contributed by atoms with van der Waals surface area (Å²) in [6.45, 7) is 6.26. The third-order valence-electron chi connectivity index (χ3n) is 4.46. The molecule has 122 valence electrons. The molecule has 2 aromatic rings. The molecule has 0 radical (unpaired) electrons. The molecule has 0 amide bonds. The lowest BCUT2D eigenvalue weighted by Gasteiger charge is -2.35. The molecule has 1 aliphatic heterocycles. The van der Waals surface area contributed by atoms with Crippen LogP contribution in [0.25, 0.3) is 0 Å². The molecule has 23 heavy (non-hydrogen) atoms. The van der Waals surface area contributed by atoms with E-state index in [2.05, 4.69) is 47.5 Å². The summed E-state index contributed by atoms with van der Waals surface area (Å²) in [7, 11) is 1.72. The number of aromatic nitrogens is 1. The molecule has 0 spiro atoms. The molecule has 1 aromatic carbocycles. The van der Waals surface area contributed by atoms with E-state index < -0.39 is 0 Å². The molecular weight excluding hydrogens is 286 g/mol. The normalized spacial score (nSPS) is 17.0. The summed E-state index contributed by atoms with van der Waals surface area (Å²) in [4.78, 5) is 7.25. The third kappa shape index (κ3) is 3.71. The van der Waals surface area contributed by atoms with Gasteiger partial charge in [-0.3, -0.25) is 9.88 Å². The van der Waals surface area contributed by atoms with Gasteiger partial charge in [-0.15, -0.1) is 0 Å². The average Bonchev–Trinajstić information content (AvgIpc) is 2.64. The van der Waals surface area contributed by atoms with Crippen LogP contribution in [0, 0.1) is 0 Å². The molecule has 1 atom stereocenters. The van der Waals surface area contributed by atoms with Gasteiger partial charge in [0.1, 0.15) is 5.75 Å². The van der Waals surface area contributed by atoms with Gasteiger partial charge >= 0.3 is 0 Å². The summed E-state index contributed by atoms with van der Waals surface area (Å²) < 4.78 is 5.41. The standard InChI is InChI=1S/C19H25N3O/c1-3-15-7-8-18(21-14-15)19(22-11-9-20-10-12-22)16-5-4-6-17(13-16)23-2/h4-8,13-14,19-20H,3,9-12H2,1-2H3. The minimum Gasteiger partial charge on any atom is -0.497 e. The Morgan fingerprint density at radius 1 is 1.22 bits per heavy atom. The first-order chi connectivity index (χ1) is 11.3. The van der Waals surface area contributed by atoms with Crippen LogP contribution in [-0.2, 0) is 6.42 Å². The molecule has 0 bridgehead atoms. The number of methoxy groups -OCH3 is 1. The predicted octanol–water partition coefficient (Wildman–Crippen LogP) is 2.65. The molecule has 4 nitrogen and oxygen atoms in total. The zero-order chi connectivity index (χ0) is 16.1. The van der Waals surface area contributed by atoms with E-state index in [4.69, 9.17) is 9.72 Å². The van der Waals surface area contributed by atoms with Crippen molar-refractivity contribution in [1.29, 1.82) is 0 Å². The Morgan fingerprint density at radius 3 is 2.70 bits per heavy atom. The largest absolute Gasteiger partial charge is 0.497 e. The van der Waals surface area contributed by atoms with Crippen molar-refractivity contribution in [2.24, 2.45) is 0 Å². The van der Waals surface area contributed by atoms with E-state index in [1.54, 1.807) is 7.11 Å². The number of hydrogen-bond donors (Lipinski definition) is 1. The highest BCUT2D eigenvalue weighted by Crippen LogP contribution is 2.30. The summed E-state index contributed by atoms with van der Waals surface area (Å²) in [6.07, 6.45) is 3.02. The van der Waals surface area contributed by atoms with E-state index >= 15 is 0 Å². The Kier molecular flexibility index (Phi) is 5.26. The third-order valence-corrected chi connectivity index (χ3v) is 4.46. The topological polar surface area (TPSA) is 37.4 Å². The summed E-state index contributed by atoms with van der Waals surface area (Å²) in [5.74, 6) is 0.896. The van der Waals surface area contributed by atoms with Crippen molar-refractivity contribution in [1.82, 2.24) is 15.2 Å². The number of nitrogens with one attached hydrogen (secondary N) is 1. The van der Waals surface area contributed by atoms with E-state index in [1.807, 2.05) is 12.3 Å². The Morgan fingerprint density at radius 2 is 2.04 bits per heavy atom. The van der Waals surface area contributed by atoms with Crippen LogP contribution in [-0.4, -0.2) is 43.2 Å². The van der Waals surface area contributed by atoms with Crippen LogP contribution in [0.5, 0.6) is 5.75 Å². The van der Waals surface area contributed by atoms with Gasteiger partial charge in [-0.1, -0.05) is 25.1 Å². The quantitative estimate of drug-likeness (QED) is 0.921. The molecule has 4 heteroatoms. The highest BCUT2D eigenvalue weighted by Gasteiger charge is 2.25. The van der Waals surface area contributed by atoms with Gasteiger partial charge in [-0.05, 0) is 35.7 Å². The second-order valence-electron chi connectivity index (χ2n) is 5.91. The van der Waals surface area contributed by atoms with Crippen molar-refractivity contribution in [3.63, 3.8) is 0 Å². The number of pyridine rings is 1. The number of aryl methyl sites for hydroxylation is 1. The molecule has 1 aliphatic rings. The molecule has 1 aromatic heterocycles. The zero-order valence-corrected chi connectivity index (χ0v) is 14.0. The fourth-order valence-corrected chi connectivity index (χ4v) is 3.13. The summed E-state index contributed by atoms with van der Waals surface area (Å²) >= 11 is 0. The number of rotatable bonds is 5. The number of nitrogens with zero attached hydrogens (tertiary/aromatic N) is 2. The Balaban J connectivity index is 1.97. The van der Waals surface area contributed by atoms with Gasteiger partial charge in [0.15, 0.2) is 0 Å². The highest BCUT2D eigenvalue weighted by molar-refractivity contribution is 5.35. The zero-order valence-electron chi connectivity index (χ0n) is 14.0. The van der Waals surface area contributed by atoms with Crippen molar-refractivity contribution in [2.75, 3.05) is 33.3 Å². The minimum absolute atomic E-state index is 0.179. The van der Waals surface area contributed by atoms with E-state index in [0.29, 0.717) is 0 Å². The summed E-state index contributed by atoms with van der Waals surface area (Å²) in [5.41, 5.74) is 3.62. The first-order valence-electron chi connectivity index (χ1n) is 8.35. The number of ether oxygens (including phenoxy) is 1. The van der Waals surface area contributed by atoms with Gasteiger partial charge in [0, 0.05) is 32.4 Å². The molecule has 0 aliphatic carbocycles. The van der Waals surface area contributed by atoms with Gasteiger partial charge in [0.05, 0.1) is 18.8 Å². The number of benzene rings is 1. The number of hydrogen-bond acceptors (Lipinski definition) is 4. The van der Waals surface area contributed by atoms with Crippen LogP contribution in [0.2, 0.25) is 0 Å². The summed E-state index contributed by atoms with van der Waals surface area (Å²) in [6, 6.07) is 12.9. The maximum Gasteiger partial charge on any atom is 0.119 e. The monoisotopic (exact) mass is 311 g/mol. The first-order valence-corrected chi connectivity index (χ1v) is 8.35. The van der Waals surface area contributed by atoms with E-state index in [-0.39, 0.29) is 6.04 Å². The molecule has 3 rings (SSSR count). The molecule has 2 heterocycles. The average molecular weight is 311 g/mol. The van der Waals surface area contributed by atoms with Gasteiger partial charge in [-0.2, -0.15) is 0 Å². The van der Waals surface area contributed by atoms with Gasteiger partial charge in [0.2, 0.25) is 0 Å². The van der Waals surface area contributed by atoms with Crippen LogP contribution >= 0.6 is 0 Å². The van der Waals surface area contributed by atoms with E-state index in [9.17, 15) is 0 Å². The van der Waals surface area contributed by atoms with E-state index in [1.165, 1.54) is 11.1 Å². The lowest BCUT2D eigenvalue weighted by Crippen LogP contribution is -2.45. The van der Waals surface area contributed by atoms with Crippen LogP contribution < -0.4 is 10.1 Å². The van der Waals surface area contributed by atoms with Crippen LogP contribution in [0.3, 0.4) is 0 Å². The lowest BCUT2D eigenvalue weighted by molar-refractivity contribution is 0.195. The molecular formula is C19H25N3O. The Hall–Kier alpha value is -1.91. The maximum absolute atomic E-state index is 5.41. The van der Waals surface area contributed by atoms with Crippen LogP contribution in [0.4, 0.5) is 0 Å². The molecule has 0 saturated carbocycles.